The van der Waals surface area contributed by atoms with E-state index < -0.39 is 0 Å². The van der Waals surface area contributed by atoms with Gasteiger partial charge in [-0.15, -0.1) is 0 Å². The summed E-state index contributed by atoms with van der Waals surface area (Å²) in [6.07, 6.45) is 2.22. The molecule has 0 amide bonds. The van der Waals surface area contributed by atoms with Gasteiger partial charge in [0.05, 0.1) is 6.04 Å². The zero-order valence-corrected chi connectivity index (χ0v) is 9.75. The van der Waals surface area contributed by atoms with E-state index in [9.17, 15) is 0 Å². The molecular formula is C13H19N2+. The van der Waals surface area contributed by atoms with E-state index in [4.69, 9.17) is 0 Å². The van der Waals surface area contributed by atoms with E-state index in [0.29, 0.717) is 6.04 Å². The summed E-state index contributed by atoms with van der Waals surface area (Å²) in [5.41, 5.74) is 2.57. The maximum absolute atomic E-state index is 3.49. The number of para-hydroxylation sites is 2. The molecule has 1 atom stereocenters. The van der Waals surface area contributed by atoms with Crippen molar-refractivity contribution in [3.8, 4) is 0 Å². The lowest BCUT2D eigenvalue weighted by Crippen LogP contribution is -2.40. The van der Waals surface area contributed by atoms with Crippen LogP contribution < -0.4 is 4.57 Å². The average molecular weight is 203 g/mol. The van der Waals surface area contributed by atoms with Crippen molar-refractivity contribution in [2.75, 3.05) is 0 Å². The van der Waals surface area contributed by atoms with Gasteiger partial charge in [-0.3, -0.25) is 0 Å². The summed E-state index contributed by atoms with van der Waals surface area (Å²) in [5, 5.41) is 0. The van der Waals surface area contributed by atoms with Crippen molar-refractivity contribution >= 4 is 11.0 Å². The Balaban J connectivity index is 2.66. The molecule has 0 saturated heterocycles. The Labute approximate surface area is 90.9 Å². The number of aromatic amines is 1. The molecular weight excluding hydrogens is 184 g/mol. The normalized spacial score (nSPS) is 13.3. The quantitative estimate of drug-likeness (QED) is 0.740. The van der Waals surface area contributed by atoms with Crippen molar-refractivity contribution in [2.45, 2.75) is 39.7 Å². The molecule has 2 nitrogen and oxygen atoms in total. The van der Waals surface area contributed by atoms with Gasteiger partial charge >= 0.3 is 0 Å². The monoisotopic (exact) mass is 203 g/mol. The molecule has 1 aromatic heterocycles. The Morgan fingerprint density at radius 1 is 1.27 bits per heavy atom. The molecule has 0 aliphatic heterocycles. The van der Waals surface area contributed by atoms with Gasteiger partial charge in [-0.2, -0.15) is 0 Å². The van der Waals surface area contributed by atoms with Crippen molar-refractivity contribution in [3.05, 3.63) is 30.1 Å². The lowest BCUT2D eigenvalue weighted by molar-refractivity contribution is -0.702. The molecule has 1 heterocycles. The Hall–Kier alpha value is -1.31. The predicted octanol–water partition coefficient (Wildman–Crippen LogP) is 2.99. The van der Waals surface area contributed by atoms with Crippen molar-refractivity contribution in [3.63, 3.8) is 0 Å². The number of nitrogens with one attached hydrogen (secondary N) is 1. The summed E-state index contributed by atoms with van der Waals surface area (Å²) >= 11 is 0. The summed E-state index contributed by atoms with van der Waals surface area (Å²) in [6, 6.07) is 9.09. The molecule has 2 rings (SSSR count). The minimum absolute atomic E-state index is 0.566. The van der Waals surface area contributed by atoms with Crippen LogP contribution in [0.15, 0.2) is 24.3 Å². The first-order valence-electron chi connectivity index (χ1n) is 5.79. The van der Waals surface area contributed by atoms with E-state index in [-0.39, 0.29) is 0 Å². The van der Waals surface area contributed by atoms with E-state index in [0.717, 1.165) is 6.42 Å². The molecule has 0 radical (unpaired) electrons. The van der Waals surface area contributed by atoms with Gasteiger partial charge in [-0.1, -0.05) is 26.0 Å². The molecule has 0 saturated carbocycles. The van der Waals surface area contributed by atoms with Gasteiger partial charge in [-0.05, 0) is 25.5 Å². The molecule has 2 heteroatoms. The standard InChI is InChI=1S/C13H18N2/c1-4-10(3)15-12-9-7-6-8-11(12)14-13(15)5-2/h6-10H,4-5H2,1-3H3/p+1. The van der Waals surface area contributed by atoms with Crippen LogP contribution in [0.3, 0.4) is 0 Å². The Morgan fingerprint density at radius 2 is 2.00 bits per heavy atom. The summed E-state index contributed by atoms with van der Waals surface area (Å²) in [6.45, 7) is 6.71. The van der Waals surface area contributed by atoms with Crippen molar-refractivity contribution in [1.29, 1.82) is 0 Å². The molecule has 15 heavy (non-hydrogen) atoms. The van der Waals surface area contributed by atoms with E-state index >= 15 is 0 Å². The summed E-state index contributed by atoms with van der Waals surface area (Å²) in [5.74, 6) is 1.32. The second kappa shape index (κ2) is 4.05. The van der Waals surface area contributed by atoms with E-state index in [1.807, 2.05) is 0 Å². The highest BCUT2D eigenvalue weighted by molar-refractivity contribution is 5.71. The number of imidazole rings is 1. The van der Waals surface area contributed by atoms with E-state index in [1.54, 1.807) is 0 Å². The number of nitrogens with zero attached hydrogens (tertiary/aromatic N) is 1. The highest BCUT2D eigenvalue weighted by Gasteiger charge is 2.19. The second-order valence-corrected chi connectivity index (χ2v) is 4.07. The van der Waals surface area contributed by atoms with Crippen molar-refractivity contribution in [2.24, 2.45) is 0 Å². The number of H-pyrrole nitrogens is 1. The van der Waals surface area contributed by atoms with Gasteiger partial charge in [0.15, 0.2) is 11.0 Å². The zero-order valence-electron chi connectivity index (χ0n) is 9.75. The Bertz CT molecular complexity index is 457. The van der Waals surface area contributed by atoms with Gasteiger partial charge < -0.3 is 0 Å². The minimum atomic E-state index is 0.566. The molecule has 1 N–H and O–H groups in total. The van der Waals surface area contributed by atoms with Gasteiger partial charge in [0.1, 0.15) is 0 Å². The van der Waals surface area contributed by atoms with E-state index in [2.05, 4.69) is 54.6 Å². The van der Waals surface area contributed by atoms with Crippen LogP contribution in [0, 0.1) is 0 Å². The molecule has 1 aromatic carbocycles. The van der Waals surface area contributed by atoms with Crippen molar-refractivity contribution in [1.82, 2.24) is 4.98 Å². The number of hydrogen-bond donors (Lipinski definition) is 1. The number of fused-ring (bicyclic) bond motifs is 1. The average Bonchev–Trinajstić information content (AvgIpc) is 2.66. The summed E-state index contributed by atoms with van der Waals surface area (Å²) in [4.78, 5) is 3.49. The van der Waals surface area contributed by atoms with Crippen LogP contribution in [0.1, 0.15) is 39.1 Å². The third-order valence-corrected chi connectivity index (χ3v) is 3.10. The highest BCUT2D eigenvalue weighted by atomic mass is 15.1. The van der Waals surface area contributed by atoms with Crippen LogP contribution in [-0.4, -0.2) is 4.98 Å². The lowest BCUT2D eigenvalue weighted by atomic mass is 10.2. The first kappa shape index (κ1) is 10.2. The number of aryl methyl sites for hydroxylation is 1. The third kappa shape index (κ3) is 1.65. The molecule has 0 aliphatic carbocycles. The molecule has 1 unspecified atom stereocenters. The number of hydrogen-bond acceptors (Lipinski definition) is 0. The molecule has 2 aromatic rings. The smallest absolute Gasteiger partial charge is 0.241 e. The van der Waals surface area contributed by atoms with Crippen LogP contribution in [-0.2, 0) is 6.42 Å². The Kier molecular flexibility index (Phi) is 2.76. The van der Waals surface area contributed by atoms with Gasteiger partial charge in [-0.25, -0.2) is 9.55 Å². The van der Waals surface area contributed by atoms with Gasteiger partial charge in [0, 0.05) is 6.42 Å². The van der Waals surface area contributed by atoms with Crippen LogP contribution in [0.4, 0.5) is 0 Å². The first-order chi connectivity index (χ1) is 7.27. The van der Waals surface area contributed by atoms with Gasteiger partial charge in [0.2, 0.25) is 0 Å². The lowest BCUT2D eigenvalue weighted by Gasteiger charge is -2.07. The second-order valence-electron chi connectivity index (χ2n) is 4.07. The van der Waals surface area contributed by atoms with Gasteiger partial charge in [0.25, 0.3) is 5.82 Å². The Morgan fingerprint density at radius 3 is 2.67 bits per heavy atom. The summed E-state index contributed by atoms with van der Waals surface area (Å²) < 4.78 is 2.43. The van der Waals surface area contributed by atoms with Crippen molar-refractivity contribution < 1.29 is 4.57 Å². The van der Waals surface area contributed by atoms with Crippen LogP contribution in [0.2, 0.25) is 0 Å². The molecule has 0 fully saturated rings. The zero-order chi connectivity index (χ0) is 10.8. The predicted molar refractivity (Wildman–Crippen MR) is 62.9 cm³/mol. The summed E-state index contributed by atoms with van der Waals surface area (Å²) in [7, 11) is 0. The molecule has 80 valence electrons. The molecule has 0 aliphatic rings. The fourth-order valence-electron chi connectivity index (χ4n) is 2.10. The maximum Gasteiger partial charge on any atom is 0.255 e. The first-order valence-corrected chi connectivity index (χ1v) is 5.79. The number of rotatable bonds is 3. The highest BCUT2D eigenvalue weighted by Crippen LogP contribution is 2.13. The number of aromatic nitrogens is 2. The largest absolute Gasteiger partial charge is 0.255 e. The minimum Gasteiger partial charge on any atom is -0.241 e. The van der Waals surface area contributed by atoms with Crippen LogP contribution in [0.5, 0.6) is 0 Å². The SMILES string of the molecule is CCc1[nH]c2ccccc2[n+]1C(C)CC. The molecule has 0 bridgehead atoms. The topological polar surface area (TPSA) is 19.7 Å². The van der Waals surface area contributed by atoms with Crippen LogP contribution >= 0.6 is 0 Å². The van der Waals surface area contributed by atoms with Crippen LogP contribution in [0.25, 0.3) is 11.0 Å². The fourth-order valence-corrected chi connectivity index (χ4v) is 2.10. The fraction of sp³-hybridized carbons (Fsp3) is 0.462. The molecule has 0 spiro atoms. The van der Waals surface area contributed by atoms with E-state index in [1.165, 1.54) is 23.3 Å². The third-order valence-electron chi connectivity index (χ3n) is 3.10. The number of benzene rings is 1. The maximum atomic E-state index is 3.49.